The summed E-state index contributed by atoms with van der Waals surface area (Å²) in [4.78, 5) is 43.1. The van der Waals surface area contributed by atoms with Gasteiger partial charge < -0.3 is 19.5 Å². The first kappa shape index (κ1) is 23.8. The Labute approximate surface area is 196 Å². The predicted molar refractivity (Wildman–Crippen MR) is 120 cm³/mol. The van der Waals surface area contributed by atoms with Gasteiger partial charge in [-0.05, 0) is 42.3 Å². The number of methoxy groups -OCH3 is 1. The molecule has 4 rings (SSSR count). The molecule has 9 heteroatoms. The maximum Gasteiger partial charge on any atom is 0.291 e. The SMILES string of the molecule is COc1ccc(C(=O)C2C(=O)C(=O)N(CCCN3CCOCC3)C2c2cccc(O)c2)cc1F. The number of rotatable bonds is 8. The Morgan fingerprint density at radius 3 is 2.59 bits per heavy atom. The number of likely N-dealkylation sites (tertiary alicyclic amines) is 1. The number of ether oxygens (including phenoxy) is 2. The van der Waals surface area contributed by atoms with Crippen molar-refractivity contribution in [1.82, 2.24) is 9.80 Å². The van der Waals surface area contributed by atoms with Crippen molar-refractivity contribution in [2.45, 2.75) is 12.5 Å². The highest BCUT2D eigenvalue weighted by molar-refractivity contribution is 6.44. The first-order valence-corrected chi connectivity index (χ1v) is 11.2. The molecule has 1 N–H and O–H groups in total. The fraction of sp³-hybridized carbons (Fsp3) is 0.400. The van der Waals surface area contributed by atoms with Gasteiger partial charge in [0.25, 0.3) is 5.91 Å². The van der Waals surface area contributed by atoms with Crippen LogP contribution in [0.4, 0.5) is 4.39 Å². The van der Waals surface area contributed by atoms with Gasteiger partial charge in [0.1, 0.15) is 11.7 Å². The summed E-state index contributed by atoms with van der Waals surface area (Å²) in [5.41, 5.74) is 0.447. The summed E-state index contributed by atoms with van der Waals surface area (Å²) in [6.45, 7) is 3.89. The van der Waals surface area contributed by atoms with Crippen LogP contribution < -0.4 is 4.74 Å². The van der Waals surface area contributed by atoms with Gasteiger partial charge in [-0.15, -0.1) is 0 Å². The molecule has 2 aliphatic heterocycles. The highest BCUT2D eigenvalue weighted by atomic mass is 19.1. The number of carbonyl (C=O) groups excluding carboxylic acids is 3. The van der Waals surface area contributed by atoms with Gasteiger partial charge in [-0.25, -0.2) is 4.39 Å². The lowest BCUT2D eigenvalue weighted by Crippen LogP contribution is -2.39. The summed E-state index contributed by atoms with van der Waals surface area (Å²) in [6.07, 6.45) is 0.604. The number of hydrogen-bond acceptors (Lipinski definition) is 7. The van der Waals surface area contributed by atoms with Crippen LogP contribution in [0.15, 0.2) is 42.5 Å². The monoisotopic (exact) mass is 470 g/mol. The minimum absolute atomic E-state index is 0.0234. The molecule has 8 nitrogen and oxygen atoms in total. The van der Waals surface area contributed by atoms with Crippen LogP contribution in [0.25, 0.3) is 0 Å². The number of phenols is 1. The third kappa shape index (κ3) is 4.80. The number of carbonyl (C=O) groups is 3. The van der Waals surface area contributed by atoms with Crippen LogP contribution in [0.3, 0.4) is 0 Å². The third-order valence-corrected chi connectivity index (χ3v) is 6.31. The quantitative estimate of drug-likeness (QED) is 0.359. The highest BCUT2D eigenvalue weighted by Gasteiger charge is 2.51. The van der Waals surface area contributed by atoms with E-state index >= 15 is 0 Å². The molecule has 2 saturated heterocycles. The Balaban J connectivity index is 1.62. The molecule has 2 unspecified atom stereocenters. The molecule has 2 fully saturated rings. The Morgan fingerprint density at radius 1 is 1.15 bits per heavy atom. The van der Waals surface area contributed by atoms with Crippen molar-refractivity contribution in [3.63, 3.8) is 0 Å². The second-order valence-corrected chi connectivity index (χ2v) is 8.40. The fourth-order valence-electron chi connectivity index (χ4n) is 4.60. The van der Waals surface area contributed by atoms with Crippen LogP contribution in [0, 0.1) is 11.7 Å². The van der Waals surface area contributed by atoms with Gasteiger partial charge in [0.2, 0.25) is 5.78 Å². The lowest BCUT2D eigenvalue weighted by Gasteiger charge is -2.30. The van der Waals surface area contributed by atoms with Gasteiger partial charge >= 0.3 is 0 Å². The van der Waals surface area contributed by atoms with E-state index in [2.05, 4.69) is 4.90 Å². The van der Waals surface area contributed by atoms with E-state index in [4.69, 9.17) is 9.47 Å². The summed E-state index contributed by atoms with van der Waals surface area (Å²) in [5, 5.41) is 10.0. The molecule has 2 aromatic rings. The number of aromatic hydroxyl groups is 1. The van der Waals surface area contributed by atoms with Gasteiger partial charge in [-0.3, -0.25) is 19.3 Å². The van der Waals surface area contributed by atoms with Crippen molar-refractivity contribution < 1.29 is 33.4 Å². The van der Waals surface area contributed by atoms with Crippen molar-refractivity contribution in [2.75, 3.05) is 46.5 Å². The number of nitrogens with zero attached hydrogens (tertiary/aromatic N) is 2. The summed E-state index contributed by atoms with van der Waals surface area (Å²) >= 11 is 0. The van der Waals surface area contributed by atoms with Crippen LogP contribution in [-0.2, 0) is 14.3 Å². The number of halogens is 1. The van der Waals surface area contributed by atoms with Crippen LogP contribution in [0.5, 0.6) is 11.5 Å². The second kappa shape index (κ2) is 10.3. The van der Waals surface area contributed by atoms with E-state index in [1.165, 1.54) is 36.3 Å². The number of ketones is 2. The zero-order chi connectivity index (χ0) is 24.2. The number of Topliss-reactive ketones (excluding diaryl/α,β-unsaturated/α-hetero) is 2. The minimum Gasteiger partial charge on any atom is -0.508 e. The zero-order valence-electron chi connectivity index (χ0n) is 18.9. The van der Waals surface area contributed by atoms with Crippen LogP contribution >= 0.6 is 0 Å². The van der Waals surface area contributed by atoms with Gasteiger partial charge in [-0.1, -0.05) is 12.1 Å². The van der Waals surface area contributed by atoms with E-state index in [-0.39, 0.29) is 23.6 Å². The van der Waals surface area contributed by atoms with Crippen molar-refractivity contribution in [1.29, 1.82) is 0 Å². The average Bonchev–Trinajstić information content (AvgIpc) is 3.09. The molecule has 0 spiro atoms. The van der Waals surface area contributed by atoms with Crippen molar-refractivity contribution in [2.24, 2.45) is 5.92 Å². The lowest BCUT2D eigenvalue weighted by atomic mass is 9.86. The zero-order valence-corrected chi connectivity index (χ0v) is 18.9. The Morgan fingerprint density at radius 2 is 1.91 bits per heavy atom. The highest BCUT2D eigenvalue weighted by Crippen LogP contribution is 2.39. The van der Waals surface area contributed by atoms with Crippen LogP contribution in [0.1, 0.15) is 28.4 Å². The van der Waals surface area contributed by atoms with E-state index in [0.717, 1.165) is 25.7 Å². The normalized spacial score (nSPS) is 21.2. The average molecular weight is 470 g/mol. The van der Waals surface area contributed by atoms with Gasteiger partial charge in [0.05, 0.1) is 26.4 Å². The third-order valence-electron chi connectivity index (χ3n) is 6.31. The molecule has 2 atom stereocenters. The number of hydrogen-bond donors (Lipinski definition) is 1. The summed E-state index contributed by atoms with van der Waals surface area (Å²) < 4.78 is 24.5. The standard InChI is InChI=1S/C25H27FN2O6/c1-33-20-7-6-17(15-19(20)26)23(30)21-22(16-4-2-5-18(29)14-16)28(25(32)24(21)31)9-3-8-27-10-12-34-13-11-27/h2,4-7,14-15,21-22,29H,3,8-13H2,1H3. The van der Waals surface area contributed by atoms with Gasteiger partial charge in [0, 0.05) is 31.7 Å². The summed E-state index contributed by atoms with van der Waals surface area (Å²) in [6, 6.07) is 8.99. The Kier molecular flexibility index (Phi) is 7.23. The molecule has 0 aromatic heterocycles. The van der Waals surface area contributed by atoms with E-state index in [1.54, 1.807) is 12.1 Å². The van der Waals surface area contributed by atoms with E-state index in [1.807, 2.05) is 0 Å². The summed E-state index contributed by atoms with van der Waals surface area (Å²) in [7, 11) is 1.31. The summed E-state index contributed by atoms with van der Waals surface area (Å²) in [5.74, 6) is -4.38. The molecule has 34 heavy (non-hydrogen) atoms. The molecular weight excluding hydrogens is 443 g/mol. The first-order valence-electron chi connectivity index (χ1n) is 11.2. The van der Waals surface area contributed by atoms with E-state index < -0.39 is 35.3 Å². The lowest BCUT2D eigenvalue weighted by molar-refractivity contribution is -0.140. The molecule has 0 saturated carbocycles. The van der Waals surface area contributed by atoms with Crippen LogP contribution in [0.2, 0.25) is 0 Å². The minimum atomic E-state index is -1.34. The number of benzene rings is 2. The maximum atomic E-state index is 14.3. The second-order valence-electron chi connectivity index (χ2n) is 8.40. The Hall–Kier alpha value is -3.30. The molecule has 2 aliphatic rings. The molecule has 1 amide bonds. The number of phenolic OH excluding ortho intramolecular Hbond substituents is 1. The topological polar surface area (TPSA) is 96.4 Å². The van der Waals surface area contributed by atoms with Crippen molar-refractivity contribution in [3.05, 3.63) is 59.4 Å². The molecular formula is C25H27FN2O6. The van der Waals surface area contributed by atoms with Crippen LogP contribution in [-0.4, -0.2) is 78.9 Å². The molecule has 0 aliphatic carbocycles. The number of morpholine rings is 1. The molecule has 0 radical (unpaired) electrons. The predicted octanol–water partition coefficient (Wildman–Crippen LogP) is 2.21. The van der Waals surface area contributed by atoms with E-state index in [9.17, 15) is 23.9 Å². The fourth-order valence-corrected chi connectivity index (χ4v) is 4.60. The maximum absolute atomic E-state index is 14.3. The van der Waals surface area contributed by atoms with E-state index in [0.29, 0.717) is 25.2 Å². The molecule has 180 valence electrons. The largest absolute Gasteiger partial charge is 0.508 e. The van der Waals surface area contributed by atoms with Crippen molar-refractivity contribution in [3.8, 4) is 11.5 Å². The smallest absolute Gasteiger partial charge is 0.291 e. The van der Waals surface area contributed by atoms with Crippen molar-refractivity contribution >= 4 is 17.5 Å². The molecule has 2 aromatic carbocycles. The van der Waals surface area contributed by atoms with Gasteiger partial charge in [0.15, 0.2) is 17.3 Å². The number of amides is 1. The Bertz CT molecular complexity index is 1080. The first-order chi connectivity index (χ1) is 16.4. The molecule has 0 bridgehead atoms. The molecule has 2 heterocycles. The van der Waals surface area contributed by atoms with Gasteiger partial charge in [-0.2, -0.15) is 0 Å².